The molecule has 0 spiro atoms. The third-order valence-electron chi connectivity index (χ3n) is 3.95. The van der Waals surface area contributed by atoms with Crippen molar-refractivity contribution in [2.45, 2.75) is 0 Å². The monoisotopic (exact) mass is 374 g/mol. The second kappa shape index (κ2) is 8.56. The maximum Gasteiger partial charge on any atom is 0.274 e. The van der Waals surface area contributed by atoms with E-state index in [2.05, 4.69) is 21.7 Å². The number of pyridine rings is 1. The quantitative estimate of drug-likeness (QED) is 0.678. The highest BCUT2D eigenvalue weighted by Crippen LogP contribution is 2.29. The van der Waals surface area contributed by atoms with Gasteiger partial charge in [0.25, 0.3) is 5.91 Å². The third-order valence-corrected chi connectivity index (χ3v) is 3.95. The number of nitriles is 1. The number of aromatic nitrogens is 1. The molecular formula is C21H18N4O3. The summed E-state index contributed by atoms with van der Waals surface area (Å²) in [5.41, 5.74) is 2.80. The average Bonchev–Trinajstić information content (AvgIpc) is 2.74. The fraction of sp³-hybridized carbons (Fsp3) is 0.0952. The van der Waals surface area contributed by atoms with Gasteiger partial charge in [0, 0.05) is 23.6 Å². The minimum atomic E-state index is -0.380. The van der Waals surface area contributed by atoms with Gasteiger partial charge in [-0.2, -0.15) is 5.26 Å². The lowest BCUT2D eigenvalue weighted by molar-refractivity contribution is 0.102. The number of carbonyl (C=O) groups excluding carboxylic acids is 1. The Labute approximate surface area is 162 Å². The molecule has 3 rings (SSSR count). The van der Waals surface area contributed by atoms with Crippen LogP contribution in [0.15, 0.2) is 60.8 Å². The van der Waals surface area contributed by atoms with E-state index in [-0.39, 0.29) is 11.6 Å². The first-order chi connectivity index (χ1) is 13.6. The summed E-state index contributed by atoms with van der Waals surface area (Å²) in [4.78, 5) is 16.8. The van der Waals surface area contributed by atoms with Crippen molar-refractivity contribution in [3.05, 3.63) is 72.1 Å². The van der Waals surface area contributed by atoms with E-state index in [9.17, 15) is 4.79 Å². The van der Waals surface area contributed by atoms with E-state index in [1.165, 1.54) is 7.11 Å². The zero-order valence-electron chi connectivity index (χ0n) is 15.4. The number of hydrogen-bond acceptors (Lipinski definition) is 6. The van der Waals surface area contributed by atoms with Crippen LogP contribution in [0.25, 0.3) is 0 Å². The largest absolute Gasteiger partial charge is 0.497 e. The molecule has 0 atom stereocenters. The number of benzene rings is 2. The Morgan fingerprint density at radius 3 is 2.46 bits per heavy atom. The Morgan fingerprint density at radius 1 is 1.00 bits per heavy atom. The summed E-state index contributed by atoms with van der Waals surface area (Å²) in [5, 5.41) is 14.8. The van der Waals surface area contributed by atoms with E-state index in [0.717, 1.165) is 5.69 Å². The highest BCUT2D eigenvalue weighted by atomic mass is 16.5. The Balaban J connectivity index is 1.78. The van der Waals surface area contributed by atoms with Gasteiger partial charge in [-0.1, -0.05) is 0 Å². The maximum absolute atomic E-state index is 12.6. The van der Waals surface area contributed by atoms with E-state index in [1.807, 2.05) is 0 Å². The molecule has 7 nitrogen and oxygen atoms in total. The van der Waals surface area contributed by atoms with E-state index >= 15 is 0 Å². The number of nitrogens with one attached hydrogen (secondary N) is 2. The molecule has 1 amide bonds. The molecule has 1 heterocycles. The lowest BCUT2D eigenvalue weighted by Crippen LogP contribution is -2.14. The van der Waals surface area contributed by atoms with Gasteiger partial charge in [0.1, 0.15) is 17.2 Å². The van der Waals surface area contributed by atoms with Crippen LogP contribution in [0.3, 0.4) is 0 Å². The zero-order chi connectivity index (χ0) is 19.9. The number of methoxy groups -OCH3 is 2. The van der Waals surface area contributed by atoms with Crippen LogP contribution < -0.4 is 20.1 Å². The van der Waals surface area contributed by atoms with E-state index in [4.69, 9.17) is 14.7 Å². The van der Waals surface area contributed by atoms with E-state index in [0.29, 0.717) is 28.4 Å². The smallest absolute Gasteiger partial charge is 0.274 e. The second-order valence-electron chi connectivity index (χ2n) is 5.76. The van der Waals surface area contributed by atoms with Crippen LogP contribution >= 0.6 is 0 Å². The molecule has 2 aromatic carbocycles. The number of carbonyl (C=O) groups is 1. The van der Waals surface area contributed by atoms with Crippen molar-refractivity contribution in [2.24, 2.45) is 0 Å². The van der Waals surface area contributed by atoms with Gasteiger partial charge in [-0.05, 0) is 48.5 Å². The standard InChI is InChI=1S/C21H18N4O3/c1-27-17-7-8-20(28-2)18(12-17)25-21(26)19-11-16(9-10-23-19)24-15-5-3-14(13-22)4-6-15/h3-12H,1-2H3,(H,23,24)(H,25,26). The highest BCUT2D eigenvalue weighted by Gasteiger charge is 2.13. The zero-order valence-corrected chi connectivity index (χ0v) is 15.4. The maximum atomic E-state index is 12.6. The SMILES string of the molecule is COc1ccc(OC)c(NC(=O)c2cc(Nc3ccc(C#N)cc3)ccn2)c1. The van der Waals surface area contributed by atoms with Gasteiger partial charge in [-0.25, -0.2) is 0 Å². The Morgan fingerprint density at radius 2 is 1.79 bits per heavy atom. The normalized spacial score (nSPS) is 9.89. The summed E-state index contributed by atoms with van der Waals surface area (Å²) in [5.74, 6) is 0.733. The number of amides is 1. The lowest BCUT2D eigenvalue weighted by Gasteiger charge is -2.12. The van der Waals surface area contributed by atoms with Crippen molar-refractivity contribution in [3.8, 4) is 17.6 Å². The molecule has 0 unspecified atom stereocenters. The average molecular weight is 374 g/mol. The molecule has 0 bridgehead atoms. The molecule has 0 saturated heterocycles. The Kier molecular flexibility index (Phi) is 5.72. The Hall–Kier alpha value is -4.05. The molecule has 0 aliphatic rings. The van der Waals surface area contributed by atoms with Gasteiger partial charge in [-0.15, -0.1) is 0 Å². The van der Waals surface area contributed by atoms with Crippen molar-refractivity contribution in [3.63, 3.8) is 0 Å². The first-order valence-corrected chi connectivity index (χ1v) is 8.39. The van der Waals surface area contributed by atoms with Crippen molar-refractivity contribution in [2.75, 3.05) is 24.9 Å². The highest BCUT2D eigenvalue weighted by molar-refractivity contribution is 6.04. The predicted molar refractivity (Wildman–Crippen MR) is 106 cm³/mol. The molecule has 0 aliphatic carbocycles. The van der Waals surface area contributed by atoms with Gasteiger partial charge < -0.3 is 20.1 Å². The van der Waals surface area contributed by atoms with Gasteiger partial charge in [-0.3, -0.25) is 9.78 Å². The molecule has 1 aromatic heterocycles. The Bertz CT molecular complexity index is 1030. The number of anilines is 3. The summed E-state index contributed by atoms with van der Waals surface area (Å²) >= 11 is 0. The van der Waals surface area contributed by atoms with E-state index in [1.54, 1.807) is 67.9 Å². The number of rotatable bonds is 6. The van der Waals surface area contributed by atoms with Crippen LogP contribution in [0.4, 0.5) is 17.1 Å². The van der Waals surface area contributed by atoms with Gasteiger partial charge in [0.15, 0.2) is 0 Å². The van der Waals surface area contributed by atoms with Crippen LogP contribution in [0.5, 0.6) is 11.5 Å². The number of ether oxygens (including phenoxy) is 2. The minimum absolute atomic E-state index is 0.239. The van der Waals surface area contributed by atoms with Crippen molar-refractivity contribution < 1.29 is 14.3 Å². The van der Waals surface area contributed by atoms with Crippen molar-refractivity contribution >= 4 is 23.0 Å². The summed E-state index contributed by atoms with van der Waals surface area (Å²) in [6.45, 7) is 0. The topological polar surface area (TPSA) is 96.3 Å². The van der Waals surface area contributed by atoms with Crippen LogP contribution in [0, 0.1) is 11.3 Å². The predicted octanol–water partition coefficient (Wildman–Crippen LogP) is 3.97. The lowest BCUT2D eigenvalue weighted by atomic mass is 10.2. The van der Waals surface area contributed by atoms with Crippen LogP contribution in [-0.2, 0) is 0 Å². The van der Waals surface area contributed by atoms with Crippen LogP contribution in [-0.4, -0.2) is 25.1 Å². The van der Waals surface area contributed by atoms with Gasteiger partial charge in [0.05, 0.1) is 31.5 Å². The number of hydrogen-bond donors (Lipinski definition) is 2. The van der Waals surface area contributed by atoms with Crippen molar-refractivity contribution in [1.29, 1.82) is 5.26 Å². The summed E-state index contributed by atoms with van der Waals surface area (Å²) < 4.78 is 10.5. The molecule has 2 N–H and O–H groups in total. The molecule has 7 heteroatoms. The number of nitrogens with zero attached hydrogens (tertiary/aromatic N) is 2. The molecule has 3 aromatic rings. The molecule has 0 radical (unpaired) electrons. The third kappa shape index (κ3) is 4.37. The van der Waals surface area contributed by atoms with Crippen LogP contribution in [0.1, 0.15) is 16.1 Å². The summed E-state index contributed by atoms with van der Waals surface area (Å²) in [6, 6.07) is 17.6. The first-order valence-electron chi connectivity index (χ1n) is 8.39. The van der Waals surface area contributed by atoms with E-state index < -0.39 is 0 Å². The molecule has 140 valence electrons. The van der Waals surface area contributed by atoms with Gasteiger partial charge in [0.2, 0.25) is 0 Å². The fourth-order valence-electron chi connectivity index (χ4n) is 2.53. The summed E-state index contributed by atoms with van der Waals surface area (Å²) in [6.07, 6.45) is 1.55. The first kappa shape index (κ1) is 18.7. The summed E-state index contributed by atoms with van der Waals surface area (Å²) in [7, 11) is 3.07. The minimum Gasteiger partial charge on any atom is -0.497 e. The van der Waals surface area contributed by atoms with Gasteiger partial charge >= 0.3 is 0 Å². The van der Waals surface area contributed by atoms with Crippen LogP contribution in [0.2, 0.25) is 0 Å². The second-order valence-corrected chi connectivity index (χ2v) is 5.76. The molecule has 0 saturated carbocycles. The molecule has 28 heavy (non-hydrogen) atoms. The molecular weight excluding hydrogens is 356 g/mol. The fourth-order valence-corrected chi connectivity index (χ4v) is 2.53. The molecule has 0 fully saturated rings. The molecule has 0 aliphatic heterocycles. The van der Waals surface area contributed by atoms with Crippen molar-refractivity contribution in [1.82, 2.24) is 4.98 Å².